The Morgan fingerprint density at radius 3 is 2.61 bits per heavy atom. The Balaban J connectivity index is 1.36. The lowest BCUT2D eigenvalue weighted by Gasteiger charge is -2.35. The van der Waals surface area contributed by atoms with Gasteiger partial charge in [-0.05, 0) is 30.5 Å². The minimum absolute atomic E-state index is 0.178. The van der Waals surface area contributed by atoms with Crippen molar-refractivity contribution in [2.75, 3.05) is 51.2 Å². The summed E-state index contributed by atoms with van der Waals surface area (Å²) in [5.41, 5.74) is 2.58. The second-order valence-electron chi connectivity index (χ2n) is 8.00. The molecule has 1 aliphatic heterocycles. The summed E-state index contributed by atoms with van der Waals surface area (Å²) in [5.74, 6) is 2.26. The molecule has 1 aromatic heterocycles. The van der Waals surface area contributed by atoms with Crippen LogP contribution in [0.15, 0.2) is 53.7 Å². The summed E-state index contributed by atoms with van der Waals surface area (Å²) in [5, 5.41) is 6.63. The van der Waals surface area contributed by atoms with E-state index in [0.29, 0.717) is 18.9 Å². The lowest BCUT2D eigenvalue weighted by molar-refractivity contribution is -0.131. The molecular weight excluding hydrogens is 388 g/mol. The number of aliphatic imine (C=N–C) groups is 1. The summed E-state index contributed by atoms with van der Waals surface area (Å²) in [6, 6.07) is 14.5. The van der Waals surface area contributed by atoms with Crippen LogP contribution in [0.3, 0.4) is 0 Å². The highest BCUT2D eigenvalue weighted by Crippen LogP contribution is 2.15. The predicted octanol–water partition coefficient (Wildman–Crippen LogP) is 2.40. The molecule has 7 heteroatoms. The molecule has 2 aromatic rings. The van der Waals surface area contributed by atoms with E-state index in [9.17, 15) is 4.79 Å². The summed E-state index contributed by atoms with van der Waals surface area (Å²) < 4.78 is 0. The highest BCUT2D eigenvalue weighted by Gasteiger charge is 2.21. The highest BCUT2D eigenvalue weighted by molar-refractivity contribution is 5.81. The van der Waals surface area contributed by atoms with Crippen LogP contribution in [0, 0.1) is 6.92 Å². The number of guanidine groups is 1. The van der Waals surface area contributed by atoms with E-state index in [1.165, 1.54) is 11.1 Å². The Kier molecular flexibility index (Phi) is 8.27. The normalized spacial score (nSPS) is 15.5. The third-order valence-corrected chi connectivity index (χ3v) is 5.65. The lowest BCUT2D eigenvalue weighted by Crippen LogP contribution is -2.49. The molecule has 1 atom stereocenters. The number of anilines is 1. The van der Waals surface area contributed by atoms with Crippen molar-refractivity contribution in [3.8, 4) is 0 Å². The van der Waals surface area contributed by atoms with E-state index in [2.05, 4.69) is 63.6 Å². The van der Waals surface area contributed by atoms with Crippen LogP contribution in [0.2, 0.25) is 0 Å². The summed E-state index contributed by atoms with van der Waals surface area (Å²) >= 11 is 0. The smallest absolute Gasteiger partial charge is 0.224 e. The van der Waals surface area contributed by atoms with Crippen molar-refractivity contribution in [2.24, 2.45) is 4.99 Å². The molecular formula is C24H34N6O. The molecule has 0 aliphatic carbocycles. The fraction of sp³-hybridized carbons (Fsp3) is 0.458. The minimum Gasteiger partial charge on any atom is -0.356 e. The number of carbonyl (C=O) groups is 1. The monoisotopic (exact) mass is 422 g/mol. The number of nitrogens with one attached hydrogen (secondary N) is 2. The average molecular weight is 423 g/mol. The second-order valence-corrected chi connectivity index (χ2v) is 8.00. The average Bonchev–Trinajstić information content (AvgIpc) is 2.81. The van der Waals surface area contributed by atoms with Crippen molar-refractivity contribution in [3.05, 3.63) is 59.8 Å². The molecule has 1 fully saturated rings. The summed E-state index contributed by atoms with van der Waals surface area (Å²) in [6.07, 6.45) is 2.26. The Morgan fingerprint density at radius 2 is 1.94 bits per heavy atom. The molecule has 1 saturated heterocycles. The molecule has 1 aromatic carbocycles. The number of carbonyl (C=O) groups excluding carboxylic acids is 1. The predicted molar refractivity (Wildman–Crippen MR) is 127 cm³/mol. The summed E-state index contributed by atoms with van der Waals surface area (Å²) in [6.45, 7) is 8.76. The molecule has 1 aliphatic rings. The van der Waals surface area contributed by atoms with E-state index in [0.717, 1.165) is 44.5 Å². The van der Waals surface area contributed by atoms with Crippen molar-refractivity contribution >= 4 is 17.7 Å². The van der Waals surface area contributed by atoms with Crippen molar-refractivity contribution in [1.82, 2.24) is 20.5 Å². The second kappa shape index (κ2) is 11.3. The summed E-state index contributed by atoms with van der Waals surface area (Å²) in [4.78, 5) is 25.4. The van der Waals surface area contributed by atoms with Gasteiger partial charge in [0.05, 0.1) is 0 Å². The topological polar surface area (TPSA) is 72.9 Å². The largest absolute Gasteiger partial charge is 0.356 e. The zero-order chi connectivity index (χ0) is 22.1. The van der Waals surface area contributed by atoms with Gasteiger partial charge in [-0.2, -0.15) is 0 Å². The van der Waals surface area contributed by atoms with E-state index >= 15 is 0 Å². The van der Waals surface area contributed by atoms with Gasteiger partial charge in [0.15, 0.2) is 5.96 Å². The van der Waals surface area contributed by atoms with Gasteiger partial charge in [-0.3, -0.25) is 9.79 Å². The van der Waals surface area contributed by atoms with Gasteiger partial charge in [0.25, 0.3) is 0 Å². The van der Waals surface area contributed by atoms with Crippen LogP contribution in [0.25, 0.3) is 0 Å². The van der Waals surface area contributed by atoms with Gasteiger partial charge in [0.1, 0.15) is 5.82 Å². The van der Waals surface area contributed by atoms with Gasteiger partial charge in [0.2, 0.25) is 5.91 Å². The Morgan fingerprint density at radius 1 is 1.13 bits per heavy atom. The first-order valence-electron chi connectivity index (χ1n) is 11.0. The first-order valence-corrected chi connectivity index (χ1v) is 11.0. The van der Waals surface area contributed by atoms with E-state index in [4.69, 9.17) is 0 Å². The van der Waals surface area contributed by atoms with Crippen molar-refractivity contribution < 1.29 is 4.79 Å². The van der Waals surface area contributed by atoms with Gasteiger partial charge in [0, 0.05) is 58.9 Å². The first-order chi connectivity index (χ1) is 15.1. The zero-order valence-corrected chi connectivity index (χ0v) is 18.8. The number of rotatable bonds is 7. The SMILES string of the molecule is CN=C(NCCC(=O)N1CCN(c2ccccn2)CC1)NCC(C)c1cccc(C)c1. The van der Waals surface area contributed by atoms with Crippen LogP contribution in [-0.4, -0.2) is 68.1 Å². The van der Waals surface area contributed by atoms with E-state index in [1.807, 2.05) is 23.1 Å². The molecule has 2 N–H and O–H groups in total. The number of benzene rings is 1. The molecule has 0 spiro atoms. The number of amides is 1. The molecule has 1 unspecified atom stereocenters. The van der Waals surface area contributed by atoms with Crippen LogP contribution < -0.4 is 15.5 Å². The van der Waals surface area contributed by atoms with Crippen LogP contribution >= 0.6 is 0 Å². The van der Waals surface area contributed by atoms with Gasteiger partial charge in [-0.1, -0.05) is 42.8 Å². The lowest BCUT2D eigenvalue weighted by atomic mass is 9.99. The number of pyridine rings is 1. The molecule has 31 heavy (non-hydrogen) atoms. The van der Waals surface area contributed by atoms with E-state index < -0.39 is 0 Å². The number of piperazine rings is 1. The molecule has 2 heterocycles. The van der Waals surface area contributed by atoms with Gasteiger partial charge in [-0.15, -0.1) is 0 Å². The Labute approximate surface area is 185 Å². The number of hydrogen-bond acceptors (Lipinski definition) is 4. The fourth-order valence-corrected chi connectivity index (χ4v) is 3.74. The molecule has 0 bridgehead atoms. The third-order valence-electron chi connectivity index (χ3n) is 5.65. The Hall–Kier alpha value is -3.09. The standard InChI is InChI=1S/C24H34N6O/c1-19-7-6-8-21(17-19)20(2)18-28-24(25-3)27-12-10-23(31)30-15-13-29(14-16-30)22-9-4-5-11-26-22/h4-9,11,17,20H,10,12-16,18H2,1-3H3,(H2,25,27,28). The maximum atomic E-state index is 12.6. The molecule has 166 valence electrons. The van der Waals surface area contributed by atoms with Gasteiger partial charge < -0.3 is 20.4 Å². The zero-order valence-electron chi connectivity index (χ0n) is 18.8. The van der Waals surface area contributed by atoms with Crippen LogP contribution in [0.5, 0.6) is 0 Å². The Bertz CT molecular complexity index is 861. The van der Waals surface area contributed by atoms with Crippen molar-refractivity contribution in [3.63, 3.8) is 0 Å². The third kappa shape index (κ3) is 6.70. The van der Waals surface area contributed by atoms with E-state index in [-0.39, 0.29) is 5.91 Å². The highest BCUT2D eigenvalue weighted by atomic mass is 16.2. The van der Waals surface area contributed by atoms with Crippen LogP contribution in [-0.2, 0) is 4.79 Å². The van der Waals surface area contributed by atoms with E-state index in [1.54, 1.807) is 13.2 Å². The van der Waals surface area contributed by atoms with Gasteiger partial charge >= 0.3 is 0 Å². The van der Waals surface area contributed by atoms with Crippen LogP contribution in [0.1, 0.15) is 30.4 Å². The molecule has 7 nitrogen and oxygen atoms in total. The van der Waals surface area contributed by atoms with Crippen molar-refractivity contribution in [2.45, 2.75) is 26.2 Å². The minimum atomic E-state index is 0.178. The molecule has 1 amide bonds. The molecule has 0 radical (unpaired) electrons. The maximum absolute atomic E-state index is 12.6. The fourth-order valence-electron chi connectivity index (χ4n) is 3.74. The first kappa shape index (κ1) is 22.6. The molecule has 0 saturated carbocycles. The number of hydrogen-bond donors (Lipinski definition) is 2. The van der Waals surface area contributed by atoms with Crippen molar-refractivity contribution in [1.29, 1.82) is 0 Å². The number of nitrogens with zero attached hydrogens (tertiary/aromatic N) is 4. The summed E-state index contributed by atoms with van der Waals surface area (Å²) in [7, 11) is 1.76. The van der Waals surface area contributed by atoms with Crippen LogP contribution in [0.4, 0.5) is 5.82 Å². The van der Waals surface area contributed by atoms with Gasteiger partial charge in [-0.25, -0.2) is 4.98 Å². The maximum Gasteiger partial charge on any atom is 0.224 e. The quantitative estimate of drug-likeness (QED) is 0.530. The molecule has 3 rings (SSSR count). The number of aromatic nitrogens is 1. The number of aryl methyl sites for hydroxylation is 1.